The summed E-state index contributed by atoms with van der Waals surface area (Å²) in [4.78, 5) is 14.0. The van der Waals surface area contributed by atoms with Crippen LogP contribution in [0.5, 0.6) is 0 Å². The van der Waals surface area contributed by atoms with Crippen LogP contribution in [0.25, 0.3) is 5.76 Å². The predicted molar refractivity (Wildman–Crippen MR) is 147 cm³/mol. The lowest BCUT2D eigenvalue weighted by Crippen LogP contribution is -2.55. The highest BCUT2D eigenvalue weighted by atomic mass is 32.3. The fourth-order valence-electron chi connectivity index (χ4n) is 4.58. The van der Waals surface area contributed by atoms with E-state index in [-0.39, 0.29) is 39.7 Å². The number of sulfonamides is 2. The number of nitrogens with zero attached hydrogens (tertiary/aromatic N) is 1. The van der Waals surface area contributed by atoms with E-state index in [1.165, 1.54) is 24.3 Å². The molecule has 1 aliphatic heterocycles. The Labute approximate surface area is 222 Å². The van der Waals surface area contributed by atoms with E-state index in [9.17, 15) is 35.8 Å². The standard InChI is InChI=1S/C23H28N4O8S3/c1-4-5-12-23(27-37(3,32)33)16-9-7-6-8-15(16)20(28)19(21(23)29)22-24-17-11-10-14(25-36(2,30)31)13-18(17)38(34,35)26-22/h6-11,13,25,27-28,34-35H,4-5,12H2,1-3H3,(H,24,26). The smallest absolute Gasteiger partial charge is 0.229 e. The average Bonchev–Trinajstić information content (AvgIpc) is 2.79. The molecule has 0 aromatic heterocycles. The van der Waals surface area contributed by atoms with Gasteiger partial charge in [0.05, 0.1) is 23.9 Å². The molecule has 0 amide bonds. The average molecular weight is 585 g/mol. The summed E-state index contributed by atoms with van der Waals surface area (Å²) < 4.78 is 78.6. The Kier molecular flexibility index (Phi) is 7.14. The minimum Gasteiger partial charge on any atom is -0.506 e. The third-order valence-electron chi connectivity index (χ3n) is 6.05. The van der Waals surface area contributed by atoms with E-state index in [0.29, 0.717) is 12.8 Å². The lowest BCUT2D eigenvalue weighted by atomic mass is 9.72. The topological polar surface area (TPSA) is 194 Å². The summed E-state index contributed by atoms with van der Waals surface area (Å²) in [7, 11) is -11.6. The van der Waals surface area contributed by atoms with Gasteiger partial charge in [0.1, 0.15) is 21.8 Å². The summed E-state index contributed by atoms with van der Waals surface area (Å²) in [5.74, 6) is -1.68. The highest BCUT2D eigenvalue weighted by Gasteiger charge is 2.51. The second kappa shape index (κ2) is 9.66. The number of carbonyl (C=O) groups excluding carboxylic acids is 1. The third-order valence-corrected chi connectivity index (χ3v) is 8.74. The maximum absolute atomic E-state index is 14.1. The Morgan fingerprint density at radius 1 is 1.05 bits per heavy atom. The summed E-state index contributed by atoms with van der Waals surface area (Å²) in [6.45, 7) is 1.88. The first kappa shape index (κ1) is 28.1. The minimum absolute atomic E-state index is 0.0624. The largest absolute Gasteiger partial charge is 0.506 e. The number of benzene rings is 2. The normalized spacial score (nSPS) is 21.6. The summed E-state index contributed by atoms with van der Waals surface area (Å²) >= 11 is 0. The van der Waals surface area contributed by atoms with Crippen LogP contribution >= 0.6 is 10.8 Å². The van der Waals surface area contributed by atoms with Crippen LogP contribution in [0.4, 0.5) is 11.4 Å². The first-order valence-electron chi connectivity index (χ1n) is 11.4. The van der Waals surface area contributed by atoms with Gasteiger partial charge in [-0.1, -0.05) is 54.8 Å². The molecule has 2 aliphatic rings. The molecule has 38 heavy (non-hydrogen) atoms. The van der Waals surface area contributed by atoms with E-state index < -0.39 is 53.5 Å². The molecule has 0 spiro atoms. The number of anilines is 2. The molecule has 1 unspecified atom stereocenters. The number of Topliss-reactive ketones (excluding diaryl/α,β-unsaturated/α-hetero) is 1. The lowest BCUT2D eigenvalue weighted by Gasteiger charge is -2.40. The van der Waals surface area contributed by atoms with E-state index in [1.54, 1.807) is 18.2 Å². The molecule has 2 aromatic rings. The van der Waals surface area contributed by atoms with Gasteiger partial charge in [-0.3, -0.25) is 18.6 Å². The van der Waals surface area contributed by atoms with Gasteiger partial charge in [0.25, 0.3) is 0 Å². The van der Waals surface area contributed by atoms with Crippen molar-refractivity contribution in [3.63, 3.8) is 0 Å². The number of aliphatic hydroxyl groups is 1. The van der Waals surface area contributed by atoms with Crippen molar-refractivity contribution < 1.29 is 35.8 Å². The zero-order valence-corrected chi connectivity index (χ0v) is 23.2. The van der Waals surface area contributed by atoms with Gasteiger partial charge in [0.2, 0.25) is 20.0 Å². The van der Waals surface area contributed by atoms with Gasteiger partial charge >= 0.3 is 0 Å². The van der Waals surface area contributed by atoms with Crippen LogP contribution < -0.4 is 14.8 Å². The first-order valence-corrected chi connectivity index (χ1v) is 16.7. The van der Waals surface area contributed by atoms with Crippen molar-refractivity contribution in [1.82, 2.24) is 4.72 Å². The summed E-state index contributed by atoms with van der Waals surface area (Å²) in [6, 6.07) is 10.3. The summed E-state index contributed by atoms with van der Waals surface area (Å²) in [6.07, 6.45) is 3.05. The number of amidine groups is 1. The van der Waals surface area contributed by atoms with Gasteiger partial charge < -0.3 is 10.4 Å². The molecule has 0 fully saturated rings. The van der Waals surface area contributed by atoms with E-state index in [1.807, 2.05) is 6.92 Å². The zero-order chi connectivity index (χ0) is 28.1. The van der Waals surface area contributed by atoms with Gasteiger partial charge in [-0.25, -0.2) is 16.8 Å². The molecule has 1 atom stereocenters. The molecular formula is C23H28N4O8S3. The number of hydrogen-bond acceptors (Lipinski definition) is 10. The van der Waals surface area contributed by atoms with Crippen LogP contribution in [-0.4, -0.2) is 55.2 Å². The Balaban J connectivity index is 1.90. The molecule has 206 valence electrons. The Morgan fingerprint density at radius 2 is 1.74 bits per heavy atom. The highest BCUT2D eigenvalue weighted by molar-refractivity contribution is 8.23. The van der Waals surface area contributed by atoms with Gasteiger partial charge in [-0.05, 0) is 30.2 Å². The number of carbonyl (C=O) groups is 1. The van der Waals surface area contributed by atoms with Gasteiger partial charge in [0.15, 0.2) is 11.6 Å². The number of rotatable bonds is 8. The van der Waals surface area contributed by atoms with E-state index in [4.69, 9.17) is 0 Å². The Morgan fingerprint density at radius 3 is 2.37 bits per heavy atom. The van der Waals surface area contributed by atoms with Crippen molar-refractivity contribution in [3.05, 3.63) is 59.2 Å². The molecule has 15 heteroatoms. The molecule has 0 saturated heterocycles. The zero-order valence-electron chi connectivity index (χ0n) is 20.7. The fourth-order valence-corrected chi connectivity index (χ4v) is 7.26. The molecule has 6 N–H and O–H groups in total. The molecule has 2 aromatic carbocycles. The van der Waals surface area contributed by atoms with Crippen molar-refractivity contribution in [2.45, 2.75) is 36.6 Å². The SMILES string of the molecule is CCCCC1(NS(C)(=O)=O)C(=O)C(C2=NS(O)(O)c3cc(NS(C)(=O)=O)ccc3N2)=C(O)c2ccccc21. The second-order valence-corrected chi connectivity index (χ2v) is 14.3. The second-order valence-electron chi connectivity index (χ2n) is 9.15. The number of hydrogen-bond donors (Lipinski definition) is 6. The molecule has 4 rings (SSSR count). The molecule has 1 aliphatic carbocycles. The van der Waals surface area contributed by atoms with E-state index >= 15 is 0 Å². The quantitative estimate of drug-likeness (QED) is 0.270. The van der Waals surface area contributed by atoms with E-state index in [0.717, 1.165) is 12.5 Å². The van der Waals surface area contributed by atoms with Gasteiger partial charge in [0, 0.05) is 5.56 Å². The maximum atomic E-state index is 14.1. The number of ketones is 1. The molecule has 0 bridgehead atoms. The van der Waals surface area contributed by atoms with Crippen LogP contribution in [0.1, 0.15) is 37.3 Å². The van der Waals surface area contributed by atoms with Crippen LogP contribution in [0.15, 0.2) is 57.3 Å². The van der Waals surface area contributed by atoms with Crippen molar-refractivity contribution in [2.24, 2.45) is 4.40 Å². The Hall–Kier alpha value is -2.95. The highest BCUT2D eigenvalue weighted by Crippen LogP contribution is 2.57. The van der Waals surface area contributed by atoms with Crippen molar-refractivity contribution in [2.75, 3.05) is 22.6 Å². The van der Waals surface area contributed by atoms with Crippen LogP contribution in [0.2, 0.25) is 0 Å². The van der Waals surface area contributed by atoms with Crippen LogP contribution in [0.3, 0.4) is 0 Å². The van der Waals surface area contributed by atoms with Gasteiger partial charge in [-0.15, -0.1) is 4.40 Å². The van der Waals surface area contributed by atoms with Crippen molar-refractivity contribution in [1.29, 1.82) is 0 Å². The lowest BCUT2D eigenvalue weighted by molar-refractivity contribution is -0.121. The predicted octanol–water partition coefficient (Wildman–Crippen LogP) is 3.39. The molecular weight excluding hydrogens is 556 g/mol. The van der Waals surface area contributed by atoms with Gasteiger partial charge in [-0.2, -0.15) is 4.72 Å². The van der Waals surface area contributed by atoms with Crippen LogP contribution in [-0.2, 0) is 30.4 Å². The molecule has 0 radical (unpaired) electrons. The number of fused-ring (bicyclic) bond motifs is 2. The van der Waals surface area contributed by atoms with E-state index in [2.05, 4.69) is 19.2 Å². The van der Waals surface area contributed by atoms with Crippen molar-refractivity contribution in [3.8, 4) is 0 Å². The molecule has 1 heterocycles. The van der Waals surface area contributed by atoms with Crippen LogP contribution in [0, 0.1) is 0 Å². The summed E-state index contributed by atoms with van der Waals surface area (Å²) in [5, 5.41) is 14.0. The number of aliphatic hydroxyl groups excluding tert-OH is 1. The monoisotopic (exact) mass is 584 g/mol. The number of nitrogens with one attached hydrogen (secondary N) is 3. The molecule has 12 nitrogen and oxygen atoms in total. The fraction of sp³-hybridized carbons (Fsp3) is 0.304. The molecule has 0 saturated carbocycles. The minimum atomic E-state index is -3.98. The first-order chi connectivity index (χ1) is 17.6. The Bertz CT molecular complexity index is 1600. The van der Waals surface area contributed by atoms with Crippen molar-refractivity contribution >= 4 is 59.6 Å². The summed E-state index contributed by atoms with van der Waals surface area (Å²) in [5.41, 5.74) is -1.57. The maximum Gasteiger partial charge on any atom is 0.229 e. The third kappa shape index (κ3) is 5.30. The number of unbranched alkanes of at least 4 members (excludes halogenated alkanes) is 1.